The van der Waals surface area contributed by atoms with Gasteiger partial charge in [0.1, 0.15) is 11.8 Å². The number of carbonyl (C=O) groups excluding carboxylic acids is 2. The molecule has 2 aromatic rings. The minimum atomic E-state index is -0.727. The van der Waals surface area contributed by atoms with Gasteiger partial charge in [-0.05, 0) is 97.4 Å². The van der Waals surface area contributed by atoms with Crippen LogP contribution < -0.4 is 5.32 Å². The Hall–Kier alpha value is -2.90. The number of hydrogen-bond donors (Lipinski definition) is 3. The molecule has 3 aliphatic carbocycles. The lowest BCUT2D eigenvalue weighted by Gasteiger charge is -2.54. The Morgan fingerprint density at radius 3 is 2.48 bits per heavy atom. The summed E-state index contributed by atoms with van der Waals surface area (Å²) in [6.45, 7) is 9.90. The quantitative estimate of drug-likeness (QED) is 0.401. The SMILES string of the molecule is CC(C)C[C@H](NC(=O)Cc1ccccc1)C(=O)N1CCN(C[C@]2(O)CC[C@H]3[C@@H]4CCc5cc(O)ccc5[C@H]4CC[C@@]32C)CC1. The van der Waals surface area contributed by atoms with Crippen molar-refractivity contribution >= 4 is 11.8 Å². The second-order valence-corrected chi connectivity index (χ2v) is 14.8. The Morgan fingerprint density at radius 2 is 1.75 bits per heavy atom. The standard InChI is InChI=1S/C37H51N3O4/c1-25(2)21-33(38-34(42)22-26-7-5-4-6-8-26)35(43)40-19-17-39(18-20-40)24-37(44)16-14-32-31-11-9-27-23-28(41)10-12-29(27)30(31)13-15-36(32,37)3/h4-8,10,12,23,25,30-33,41,44H,9,11,13-22,24H2,1-3H3,(H,38,42)/t30-,31-,32+,33+,36+,37-/m1/s1. The molecule has 0 radical (unpaired) electrons. The molecule has 1 aliphatic heterocycles. The van der Waals surface area contributed by atoms with Gasteiger partial charge in [0, 0.05) is 38.1 Å². The number of amides is 2. The average molecular weight is 602 g/mol. The van der Waals surface area contributed by atoms with Gasteiger partial charge in [-0.2, -0.15) is 0 Å². The number of aromatic hydroxyl groups is 1. The Morgan fingerprint density at radius 1 is 1.00 bits per heavy atom. The van der Waals surface area contributed by atoms with Crippen LogP contribution in [0, 0.1) is 23.2 Å². The number of aryl methyl sites for hydroxylation is 1. The van der Waals surface area contributed by atoms with Gasteiger partial charge in [0.2, 0.25) is 11.8 Å². The molecule has 1 saturated heterocycles. The maximum atomic E-state index is 13.6. The van der Waals surface area contributed by atoms with E-state index >= 15 is 0 Å². The van der Waals surface area contributed by atoms with Crippen molar-refractivity contribution < 1.29 is 19.8 Å². The molecule has 0 aromatic heterocycles. The van der Waals surface area contributed by atoms with Crippen LogP contribution in [0.5, 0.6) is 5.75 Å². The maximum Gasteiger partial charge on any atom is 0.245 e. The van der Waals surface area contributed by atoms with Crippen LogP contribution in [0.4, 0.5) is 0 Å². The number of benzene rings is 2. The van der Waals surface area contributed by atoms with Gasteiger partial charge in [0.25, 0.3) is 0 Å². The molecule has 3 fully saturated rings. The second-order valence-electron chi connectivity index (χ2n) is 14.8. The molecular weight excluding hydrogens is 550 g/mol. The summed E-state index contributed by atoms with van der Waals surface area (Å²) in [5, 5.41) is 25.4. The summed E-state index contributed by atoms with van der Waals surface area (Å²) in [4.78, 5) is 30.8. The van der Waals surface area contributed by atoms with Crippen molar-refractivity contribution in [3.63, 3.8) is 0 Å². The normalized spacial score (nSPS) is 30.8. The van der Waals surface area contributed by atoms with Crippen molar-refractivity contribution in [2.45, 2.75) is 89.7 Å². The summed E-state index contributed by atoms with van der Waals surface area (Å²) in [6, 6.07) is 15.1. The van der Waals surface area contributed by atoms with E-state index in [1.54, 1.807) is 0 Å². The molecule has 0 spiro atoms. The second kappa shape index (κ2) is 12.5. The van der Waals surface area contributed by atoms with Crippen molar-refractivity contribution in [1.29, 1.82) is 0 Å². The van der Waals surface area contributed by atoms with E-state index in [-0.39, 0.29) is 29.6 Å². The van der Waals surface area contributed by atoms with Crippen LogP contribution >= 0.6 is 0 Å². The highest BCUT2D eigenvalue weighted by Gasteiger charge is 2.61. The van der Waals surface area contributed by atoms with Gasteiger partial charge in [0.05, 0.1) is 12.0 Å². The zero-order valence-corrected chi connectivity index (χ0v) is 26.8. The summed E-state index contributed by atoms with van der Waals surface area (Å²) in [7, 11) is 0. The summed E-state index contributed by atoms with van der Waals surface area (Å²) < 4.78 is 0. The van der Waals surface area contributed by atoms with Crippen LogP contribution in [0.3, 0.4) is 0 Å². The van der Waals surface area contributed by atoms with E-state index in [1.165, 1.54) is 11.1 Å². The van der Waals surface area contributed by atoms with Gasteiger partial charge < -0.3 is 20.4 Å². The summed E-state index contributed by atoms with van der Waals surface area (Å²) in [6.07, 6.45) is 7.05. The summed E-state index contributed by atoms with van der Waals surface area (Å²) >= 11 is 0. The Labute approximate surface area is 263 Å². The average Bonchev–Trinajstić information content (AvgIpc) is 3.26. The number of β-amino-alcohol motifs (C(OH)–C–C–N with tert-alkyl or cyclic N) is 1. The van der Waals surface area contributed by atoms with E-state index in [9.17, 15) is 19.8 Å². The fourth-order valence-electron chi connectivity index (χ4n) is 9.37. The van der Waals surface area contributed by atoms with Gasteiger partial charge >= 0.3 is 0 Å². The monoisotopic (exact) mass is 601 g/mol. The molecule has 3 N–H and O–H groups in total. The fourth-order valence-corrected chi connectivity index (χ4v) is 9.37. The van der Waals surface area contributed by atoms with Crippen LogP contribution in [0.2, 0.25) is 0 Å². The molecule has 2 aromatic carbocycles. The van der Waals surface area contributed by atoms with E-state index in [1.807, 2.05) is 47.4 Å². The van der Waals surface area contributed by atoms with Crippen LogP contribution in [0.25, 0.3) is 0 Å². The number of rotatable bonds is 8. The molecule has 1 heterocycles. The number of piperazine rings is 1. The molecule has 0 unspecified atom stereocenters. The fraction of sp³-hybridized carbons (Fsp3) is 0.622. The van der Waals surface area contributed by atoms with Crippen molar-refractivity contribution in [1.82, 2.24) is 15.1 Å². The highest BCUT2D eigenvalue weighted by molar-refractivity contribution is 5.88. The number of fused-ring (bicyclic) bond motifs is 5. The van der Waals surface area contributed by atoms with Gasteiger partial charge in [-0.3, -0.25) is 14.5 Å². The molecule has 7 nitrogen and oxygen atoms in total. The largest absolute Gasteiger partial charge is 0.508 e. The molecule has 2 amide bonds. The highest BCUT2D eigenvalue weighted by Crippen LogP contribution is 2.64. The molecule has 44 heavy (non-hydrogen) atoms. The summed E-state index contributed by atoms with van der Waals surface area (Å²) in [5.41, 5.74) is 2.83. The number of carbonyl (C=O) groups is 2. The van der Waals surface area contributed by atoms with Crippen molar-refractivity contribution in [3.05, 3.63) is 65.2 Å². The first-order valence-electron chi connectivity index (χ1n) is 16.9. The van der Waals surface area contributed by atoms with Gasteiger partial charge in [0.15, 0.2) is 0 Å². The predicted octanol–water partition coefficient (Wildman–Crippen LogP) is 4.90. The van der Waals surface area contributed by atoms with Gasteiger partial charge in [-0.25, -0.2) is 0 Å². The zero-order valence-electron chi connectivity index (χ0n) is 26.8. The lowest BCUT2D eigenvalue weighted by molar-refractivity contribution is -0.141. The van der Waals surface area contributed by atoms with Crippen LogP contribution in [0.15, 0.2) is 48.5 Å². The first-order valence-corrected chi connectivity index (χ1v) is 16.9. The third kappa shape index (κ3) is 6.02. The third-order valence-electron chi connectivity index (χ3n) is 11.7. The van der Waals surface area contributed by atoms with E-state index < -0.39 is 11.6 Å². The minimum Gasteiger partial charge on any atom is -0.508 e. The zero-order chi connectivity index (χ0) is 31.1. The highest BCUT2D eigenvalue weighted by atomic mass is 16.3. The third-order valence-corrected chi connectivity index (χ3v) is 11.7. The lowest BCUT2D eigenvalue weighted by Crippen LogP contribution is -2.60. The topological polar surface area (TPSA) is 93.1 Å². The van der Waals surface area contributed by atoms with E-state index in [4.69, 9.17) is 0 Å². The van der Waals surface area contributed by atoms with Crippen LogP contribution in [-0.2, 0) is 22.4 Å². The number of nitrogens with zero attached hydrogens (tertiary/aromatic N) is 2. The molecule has 2 saturated carbocycles. The van der Waals surface area contributed by atoms with Gasteiger partial charge in [-0.1, -0.05) is 57.2 Å². The van der Waals surface area contributed by atoms with E-state index in [0.29, 0.717) is 49.6 Å². The molecule has 4 aliphatic rings. The van der Waals surface area contributed by atoms with Crippen LogP contribution in [-0.4, -0.2) is 76.2 Å². The molecule has 7 heteroatoms. The summed E-state index contributed by atoms with van der Waals surface area (Å²) in [5.74, 6) is 2.17. The minimum absolute atomic E-state index is 0.00980. The Bertz CT molecular complexity index is 1340. The number of phenolic OH excluding ortho intramolecular Hbond substituents is 1. The van der Waals surface area contributed by atoms with Gasteiger partial charge in [-0.15, -0.1) is 0 Å². The Balaban J connectivity index is 1.06. The van der Waals surface area contributed by atoms with Crippen molar-refractivity contribution in [3.8, 4) is 5.75 Å². The number of hydrogen-bond acceptors (Lipinski definition) is 5. The molecular formula is C37H51N3O4. The molecule has 0 bridgehead atoms. The smallest absolute Gasteiger partial charge is 0.245 e. The number of nitrogens with one attached hydrogen (secondary N) is 1. The maximum absolute atomic E-state index is 13.6. The molecule has 6 atom stereocenters. The first-order chi connectivity index (χ1) is 21.1. The van der Waals surface area contributed by atoms with E-state index in [2.05, 4.69) is 37.1 Å². The predicted molar refractivity (Wildman–Crippen MR) is 172 cm³/mol. The first kappa shape index (κ1) is 31.1. The van der Waals surface area contributed by atoms with Crippen molar-refractivity contribution in [2.24, 2.45) is 23.2 Å². The number of phenols is 1. The molecule has 238 valence electrons. The van der Waals surface area contributed by atoms with Crippen molar-refractivity contribution in [2.75, 3.05) is 32.7 Å². The lowest BCUT2D eigenvalue weighted by atomic mass is 9.53. The van der Waals surface area contributed by atoms with Crippen LogP contribution in [0.1, 0.15) is 81.9 Å². The number of aliphatic hydroxyl groups is 1. The Kier molecular flexibility index (Phi) is 8.82. The van der Waals surface area contributed by atoms with E-state index in [0.717, 1.165) is 57.2 Å². The molecule has 6 rings (SSSR count).